The van der Waals surface area contributed by atoms with E-state index in [1.807, 2.05) is 23.1 Å². The van der Waals surface area contributed by atoms with Crippen molar-refractivity contribution in [3.8, 4) is 11.5 Å². The zero-order valence-corrected chi connectivity index (χ0v) is 15.9. The molecule has 4 aliphatic heterocycles. The summed E-state index contributed by atoms with van der Waals surface area (Å²) in [5, 5.41) is 5.95. The number of anilines is 1. The highest BCUT2D eigenvalue weighted by Gasteiger charge is 2.49. The van der Waals surface area contributed by atoms with E-state index in [2.05, 4.69) is 15.5 Å². The molecule has 0 aliphatic carbocycles. The molecule has 1 aromatic rings. The molecular weight excluding hydrogens is 360 g/mol. The molecule has 1 spiro atoms. The molecule has 8 heteroatoms. The number of nitrogens with zero attached hydrogens (tertiary/aromatic N) is 2. The molecule has 3 fully saturated rings. The number of hydrogen-bond acceptors (Lipinski definition) is 5. The Balaban J connectivity index is 1.19. The number of carbonyl (C=O) groups excluding carboxylic acids is 2. The average Bonchev–Trinajstić information content (AvgIpc) is 3.07. The summed E-state index contributed by atoms with van der Waals surface area (Å²) in [5.41, 5.74) is 0.879. The van der Waals surface area contributed by atoms with Crippen molar-refractivity contribution >= 4 is 17.6 Å². The van der Waals surface area contributed by atoms with E-state index in [9.17, 15) is 9.59 Å². The molecule has 2 N–H and O–H groups in total. The highest BCUT2D eigenvalue weighted by molar-refractivity contribution is 5.90. The van der Waals surface area contributed by atoms with Crippen LogP contribution in [0, 0.1) is 5.41 Å². The number of carbonyl (C=O) groups is 2. The number of likely N-dealkylation sites (tertiary alicyclic amines) is 1. The highest BCUT2D eigenvalue weighted by atomic mass is 16.6. The van der Waals surface area contributed by atoms with Gasteiger partial charge in [0.05, 0.1) is 6.04 Å². The Bertz CT molecular complexity index is 790. The quantitative estimate of drug-likeness (QED) is 0.760. The number of urea groups is 1. The smallest absolute Gasteiger partial charge is 0.321 e. The van der Waals surface area contributed by atoms with Crippen LogP contribution >= 0.6 is 0 Å². The van der Waals surface area contributed by atoms with Crippen molar-refractivity contribution in [1.82, 2.24) is 15.1 Å². The third-order valence-corrected chi connectivity index (χ3v) is 6.51. The molecule has 150 valence electrons. The lowest BCUT2D eigenvalue weighted by atomic mass is 9.76. The largest absolute Gasteiger partial charge is 0.486 e. The maximum Gasteiger partial charge on any atom is 0.321 e. The number of hydrogen-bond donors (Lipinski definition) is 2. The Hall–Kier alpha value is -2.48. The monoisotopic (exact) mass is 386 g/mol. The fraction of sp³-hybridized carbons (Fsp3) is 0.600. The van der Waals surface area contributed by atoms with E-state index < -0.39 is 0 Å². The molecule has 1 unspecified atom stereocenters. The van der Waals surface area contributed by atoms with Gasteiger partial charge < -0.3 is 25.0 Å². The molecule has 28 heavy (non-hydrogen) atoms. The summed E-state index contributed by atoms with van der Waals surface area (Å²) in [6.07, 6.45) is 2.81. The number of piperazine rings is 1. The second-order valence-corrected chi connectivity index (χ2v) is 8.26. The van der Waals surface area contributed by atoms with E-state index in [-0.39, 0.29) is 23.4 Å². The highest BCUT2D eigenvalue weighted by Crippen LogP contribution is 2.44. The van der Waals surface area contributed by atoms with Crippen LogP contribution in [-0.4, -0.2) is 73.7 Å². The summed E-state index contributed by atoms with van der Waals surface area (Å²) in [7, 11) is 0. The summed E-state index contributed by atoms with van der Waals surface area (Å²) in [4.78, 5) is 29.0. The molecule has 0 aromatic heterocycles. The molecule has 1 atom stereocenters. The predicted molar refractivity (Wildman–Crippen MR) is 103 cm³/mol. The van der Waals surface area contributed by atoms with Crippen LogP contribution in [0.15, 0.2) is 18.2 Å². The SMILES string of the molecule is O=C1NCCN2CC3(CCN(C(=O)Nc4ccc5c(c4)OCCO5)CC3)CC12. The first-order valence-corrected chi connectivity index (χ1v) is 10.1. The molecule has 3 saturated heterocycles. The van der Waals surface area contributed by atoms with E-state index in [1.165, 1.54) is 0 Å². The standard InChI is InChI=1S/C20H26N4O4/c25-18-15-12-20(13-24(15)8-5-21-18)3-6-23(7-4-20)19(26)22-14-1-2-16-17(11-14)28-10-9-27-16/h1-2,11,15H,3-10,12-13H2,(H,21,25)(H,22,26). The van der Waals surface area contributed by atoms with Crippen LogP contribution in [-0.2, 0) is 4.79 Å². The molecule has 0 bridgehead atoms. The predicted octanol–water partition coefficient (Wildman–Crippen LogP) is 1.28. The summed E-state index contributed by atoms with van der Waals surface area (Å²) in [5.74, 6) is 1.55. The number of ether oxygens (including phenoxy) is 2. The molecule has 0 saturated carbocycles. The van der Waals surface area contributed by atoms with Crippen LogP contribution in [0.25, 0.3) is 0 Å². The Morgan fingerprint density at radius 3 is 2.71 bits per heavy atom. The fourth-order valence-corrected chi connectivity index (χ4v) is 4.95. The Labute approximate surface area is 164 Å². The number of amides is 3. The van der Waals surface area contributed by atoms with Gasteiger partial charge in [0.2, 0.25) is 5.91 Å². The van der Waals surface area contributed by atoms with Gasteiger partial charge in [-0.2, -0.15) is 0 Å². The van der Waals surface area contributed by atoms with Crippen LogP contribution in [0.3, 0.4) is 0 Å². The molecule has 1 aromatic carbocycles. The zero-order valence-electron chi connectivity index (χ0n) is 15.9. The van der Waals surface area contributed by atoms with Crippen molar-refractivity contribution in [2.24, 2.45) is 5.41 Å². The number of nitrogens with one attached hydrogen (secondary N) is 2. The molecule has 4 heterocycles. The third kappa shape index (κ3) is 3.15. The van der Waals surface area contributed by atoms with Gasteiger partial charge in [-0.05, 0) is 36.8 Å². The summed E-state index contributed by atoms with van der Waals surface area (Å²) in [6.45, 7) is 5.17. The minimum absolute atomic E-state index is 0.0202. The van der Waals surface area contributed by atoms with Crippen molar-refractivity contribution in [2.45, 2.75) is 25.3 Å². The minimum Gasteiger partial charge on any atom is -0.486 e. The number of fused-ring (bicyclic) bond motifs is 2. The number of benzene rings is 1. The van der Waals surface area contributed by atoms with Crippen LogP contribution in [0.5, 0.6) is 11.5 Å². The lowest BCUT2D eigenvalue weighted by molar-refractivity contribution is -0.127. The van der Waals surface area contributed by atoms with E-state index in [1.54, 1.807) is 0 Å². The van der Waals surface area contributed by atoms with Crippen LogP contribution in [0.2, 0.25) is 0 Å². The molecule has 8 nitrogen and oxygen atoms in total. The van der Waals surface area contributed by atoms with Crippen LogP contribution in [0.4, 0.5) is 10.5 Å². The first-order valence-electron chi connectivity index (χ1n) is 10.1. The van der Waals surface area contributed by atoms with Gasteiger partial charge >= 0.3 is 6.03 Å². The summed E-state index contributed by atoms with van der Waals surface area (Å²) >= 11 is 0. The molecule has 4 aliphatic rings. The fourth-order valence-electron chi connectivity index (χ4n) is 4.95. The second kappa shape index (κ2) is 6.84. The summed E-state index contributed by atoms with van der Waals surface area (Å²) in [6, 6.07) is 5.41. The van der Waals surface area contributed by atoms with Gasteiger partial charge in [-0.25, -0.2) is 4.79 Å². The number of rotatable bonds is 1. The first kappa shape index (κ1) is 17.6. The molecular formula is C20H26N4O4. The zero-order chi connectivity index (χ0) is 19.1. The molecule has 3 amide bonds. The topological polar surface area (TPSA) is 83.1 Å². The first-order chi connectivity index (χ1) is 13.6. The summed E-state index contributed by atoms with van der Waals surface area (Å²) < 4.78 is 11.1. The van der Waals surface area contributed by atoms with Gasteiger partial charge in [-0.1, -0.05) is 0 Å². The van der Waals surface area contributed by atoms with Gasteiger partial charge in [0.15, 0.2) is 11.5 Å². The maximum absolute atomic E-state index is 12.7. The van der Waals surface area contributed by atoms with Gasteiger partial charge in [0, 0.05) is 44.5 Å². The van der Waals surface area contributed by atoms with Crippen molar-refractivity contribution in [3.63, 3.8) is 0 Å². The van der Waals surface area contributed by atoms with E-state index in [0.717, 1.165) is 52.0 Å². The van der Waals surface area contributed by atoms with E-state index in [4.69, 9.17) is 9.47 Å². The van der Waals surface area contributed by atoms with Crippen molar-refractivity contribution in [3.05, 3.63) is 18.2 Å². The Kier molecular flexibility index (Phi) is 4.30. The lowest BCUT2D eigenvalue weighted by Crippen LogP contribution is -2.52. The van der Waals surface area contributed by atoms with Gasteiger partial charge in [-0.15, -0.1) is 0 Å². The van der Waals surface area contributed by atoms with Gasteiger partial charge in [0.25, 0.3) is 0 Å². The lowest BCUT2D eigenvalue weighted by Gasteiger charge is -2.39. The van der Waals surface area contributed by atoms with E-state index in [0.29, 0.717) is 30.4 Å². The molecule has 0 radical (unpaired) electrons. The number of piperidine rings is 1. The minimum atomic E-state index is -0.0833. The van der Waals surface area contributed by atoms with Gasteiger partial charge in [0.1, 0.15) is 13.2 Å². The maximum atomic E-state index is 12.7. The normalized spacial score (nSPS) is 25.9. The van der Waals surface area contributed by atoms with Crippen LogP contribution in [0.1, 0.15) is 19.3 Å². The van der Waals surface area contributed by atoms with Crippen molar-refractivity contribution in [2.75, 3.05) is 51.3 Å². The van der Waals surface area contributed by atoms with Crippen molar-refractivity contribution in [1.29, 1.82) is 0 Å². The average molecular weight is 386 g/mol. The van der Waals surface area contributed by atoms with E-state index >= 15 is 0 Å². The molecule has 5 rings (SSSR count). The second-order valence-electron chi connectivity index (χ2n) is 8.26. The third-order valence-electron chi connectivity index (χ3n) is 6.51. The van der Waals surface area contributed by atoms with Crippen molar-refractivity contribution < 1.29 is 19.1 Å². The van der Waals surface area contributed by atoms with Crippen LogP contribution < -0.4 is 20.1 Å². The Morgan fingerprint density at radius 1 is 1.14 bits per heavy atom. The van der Waals surface area contributed by atoms with Gasteiger partial charge in [-0.3, -0.25) is 9.69 Å². The Morgan fingerprint density at radius 2 is 1.93 bits per heavy atom.